The molecule has 20 heavy (non-hydrogen) atoms. The van der Waals surface area contributed by atoms with Gasteiger partial charge in [-0.15, -0.1) is 11.3 Å². The summed E-state index contributed by atoms with van der Waals surface area (Å²) in [6, 6.07) is 8.52. The number of thiophene rings is 1. The molecule has 0 spiro atoms. The van der Waals surface area contributed by atoms with Gasteiger partial charge >= 0.3 is 5.97 Å². The highest BCUT2D eigenvalue weighted by atomic mass is 127. The summed E-state index contributed by atoms with van der Waals surface area (Å²) in [5.41, 5.74) is 1.60. The van der Waals surface area contributed by atoms with Crippen LogP contribution >= 0.6 is 33.9 Å². The summed E-state index contributed by atoms with van der Waals surface area (Å²) in [5, 5.41) is 4.56. The van der Waals surface area contributed by atoms with Crippen molar-refractivity contribution in [3.05, 3.63) is 49.7 Å². The number of rotatable bonds is 4. The summed E-state index contributed by atoms with van der Waals surface area (Å²) in [4.78, 5) is 23.6. The molecule has 0 saturated heterocycles. The van der Waals surface area contributed by atoms with E-state index in [4.69, 9.17) is 4.74 Å². The summed E-state index contributed by atoms with van der Waals surface area (Å²) in [5.74, 6) is -0.584. The van der Waals surface area contributed by atoms with Gasteiger partial charge in [0.15, 0.2) is 0 Å². The van der Waals surface area contributed by atoms with Crippen LogP contribution in [-0.4, -0.2) is 18.5 Å². The van der Waals surface area contributed by atoms with Gasteiger partial charge in [0.1, 0.15) is 0 Å². The number of hydrogen-bond acceptors (Lipinski definition) is 4. The lowest BCUT2D eigenvalue weighted by molar-refractivity contribution is 0.0526. The van der Waals surface area contributed by atoms with Crippen molar-refractivity contribution in [2.24, 2.45) is 0 Å². The third kappa shape index (κ3) is 3.80. The Hall–Kier alpha value is -1.41. The van der Waals surface area contributed by atoms with E-state index in [0.717, 1.165) is 2.88 Å². The van der Waals surface area contributed by atoms with Crippen LogP contribution in [0.1, 0.15) is 27.6 Å². The summed E-state index contributed by atoms with van der Waals surface area (Å²) in [7, 11) is 0. The molecule has 0 atom stereocenters. The SMILES string of the molecule is CCOC(=O)c1cccc(NC(=O)c2csc(I)c2)c1. The number of nitrogens with one attached hydrogen (secondary N) is 1. The number of halogens is 1. The Bertz CT molecular complexity index is 639. The first kappa shape index (κ1) is 15.0. The maximum absolute atomic E-state index is 12.0. The highest BCUT2D eigenvalue weighted by Crippen LogP contribution is 2.18. The smallest absolute Gasteiger partial charge is 0.338 e. The van der Waals surface area contributed by atoms with Crippen LogP contribution in [0.5, 0.6) is 0 Å². The van der Waals surface area contributed by atoms with Gasteiger partial charge in [0.05, 0.1) is 20.6 Å². The quantitative estimate of drug-likeness (QED) is 0.627. The van der Waals surface area contributed by atoms with E-state index < -0.39 is 5.97 Å². The second-order valence-electron chi connectivity index (χ2n) is 3.89. The van der Waals surface area contributed by atoms with E-state index in [0.29, 0.717) is 23.4 Å². The average Bonchev–Trinajstić information content (AvgIpc) is 2.86. The largest absolute Gasteiger partial charge is 0.462 e. The van der Waals surface area contributed by atoms with Gasteiger partial charge in [0, 0.05) is 11.1 Å². The van der Waals surface area contributed by atoms with Crippen molar-refractivity contribution in [3.63, 3.8) is 0 Å². The Morgan fingerprint density at radius 3 is 2.75 bits per heavy atom. The minimum Gasteiger partial charge on any atom is -0.462 e. The Balaban J connectivity index is 2.12. The van der Waals surface area contributed by atoms with Gasteiger partial charge in [-0.1, -0.05) is 6.07 Å². The van der Waals surface area contributed by atoms with Crippen LogP contribution in [0.25, 0.3) is 0 Å². The maximum atomic E-state index is 12.0. The van der Waals surface area contributed by atoms with Crippen LogP contribution in [0, 0.1) is 2.88 Å². The fourth-order valence-electron chi connectivity index (χ4n) is 1.57. The molecule has 1 N–H and O–H groups in total. The zero-order valence-electron chi connectivity index (χ0n) is 10.7. The van der Waals surface area contributed by atoms with E-state index in [1.165, 1.54) is 11.3 Å². The van der Waals surface area contributed by atoms with Gasteiger partial charge in [0.25, 0.3) is 5.91 Å². The lowest BCUT2D eigenvalue weighted by Crippen LogP contribution is -2.12. The van der Waals surface area contributed by atoms with E-state index in [9.17, 15) is 9.59 Å². The standard InChI is InChI=1S/C14H12INO3S/c1-2-19-14(18)9-4-3-5-11(6-9)16-13(17)10-7-12(15)20-8-10/h3-8H,2H2,1H3,(H,16,17). The molecule has 0 aliphatic rings. The minimum absolute atomic E-state index is 0.190. The number of hydrogen-bond donors (Lipinski definition) is 1. The summed E-state index contributed by atoms with van der Waals surface area (Å²) < 4.78 is 5.97. The molecule has 0 radical (unpaired) electrons. The molecule has 6 heteroatoms. The summed E-state index contributed by atoms with van der Waals surface area (Å²) >= 11 is 3.68. The predicted octanol–water partition coefficient (Wildman–Crippen LogP) is 3.78. The van der Waals surface area contributed by atoms with Gasteiger partial charge < -0.3 is 10.1 Å². The number of anilines is 1. The van der Waals surface area contributed by atoms with Crippen molar-refractivity contribution < 1.29 is 14.3 Å². The number of ether oxygens (including phenoxy) is 1. The first-order valence-corrected chi connectivity index (χ1v) is 7.88. The predicted molar refractivity (Wildman–Crippen MR) is 87.4 cm³/mol. The van der Waals surface area contributed by atoms with Crippen LogP contribution in [0.2, 0.25) is 0 Å². The second-order valence-corrected chi connectivity index (χ2v) is 6.70. The summed E-state index contributed by atoms with van der Waals surface area (Å²) in [6.07, 6.45) is 0. The Morgan fingerprint density at radius 2 is 2.10 bits per heavy atom. The van der Waals surface area contributed by atoms with E-state index in [-0.39, 0.29) is 5.91 Å². The zero-order chi connectivity index (χ0) is 14.5. The molecule has 0 saturated carbocycles. The molecule has 104 valence electrons. The maximum Gasteiger partial charge on any atom is 0.338 e. The third-order valence-electron chi connectivity index (χ3n) is 2.46. The van der Waals surface area contributed by atoms with Gasteiger partial charge in [-0.25, -0.2) is 4.79 Å². The van der Waals surface area contributed by atoms with Crippen LogP contribution in [-0.2, 0) is 4.74 Å². The van der Waals surface area contributed by atoms with Crippen LogP contribution < -0.4 is 5.32 Å². The van der Waals surface area contributed by atoms with Crippen molar-refractivity contribution in [1.29, 1.82) is 0 Å². The van der Waals surface area contributed by atoms with Gasteiger partial charge in [-0.3, -0.25) is 4.79 Å². The molecule has 2 aromatic rings. The van der Waals surface area contributed by atoms with Crippen LogP contribution in [0.3, 0.4) is 0 Å². The molecule has 4 nitrogen and oxygen atoms in total. The Morgan fingerprint density at radius 1 is 1.30 bits per heavy atom. The number of carbonyl (C=O) groups excluding carboxylic acids is 2. The van der Waals surface area contributed by atoms with E-state index in [1.54, 1.807) is 36.6 Å². The number of carbonyl (C=O) groups is 2. The number of esters is 1. The zero-order valence-corrected chi connectivity index (χ0v) is 13.7. The molecule has 2 rings (SSSR count). The fourth-order valence-corrected chi connectivity index (χ4v) is 2.90. The van der Waals surface area contributed by atoms with E-state index in [2.05, 4.69) is 27.9 Å². The molecule has 1 aromatic heterocycles. The second kappa shape index (κ2) is 6.85. The Labute approximate surface area is 134 Å². The van der Waals surface area contributed by atoms with Gasteiger partial charge in [-0.2, -0.15) is 0 Å². The third-order valence-corrected chi connectivity index (χ3v) is 4.25. The van der Waals surface area contributed by atoms with Gasteiger partial charge in [0.2, 0.25) is 0 Å². The molecular weight excluding hydrogens is 389 g/mol. The molecule has 1 amide bonds. The first-order valence-electron chi connectivity index (χ1n) is 5.92. The number of benzene rings is 1. The molecule has 0 aliphatic heterocycles. The van der Waals surface area contributed by atoms with Crippen molar-refractivity contribution in [3.8, 4) is 0 Å². The monoisotopic (exact) mass is 401 g/mol. The normalized spacial score (nSPS) is 10.1. The van der Waals surface area contributed by atoms with Gasteiger partial charge in [-0.05, 0) is 53.8 Å². The van der Waals surface area contributed by atoms with Crippen LogP contribution in [0.15, 0.2) is 35.7 Å². The summed E-state index contributed by atoms with van der Waals surface area (Å²) in [6.45, 7) is 2.07. The minimum atomic E-state index is -0.395. The molecular formula is C14H12INO3S. The van der Waals surface area contributed by atoms with E-state index >= 15 is 0 Å². The highest BCUT2D eigenvalue weighted by Gasteiger charge is 2.10. The molecule has 0 unspecified atom stereocenters. The van der Waals surface area contributed by atoms with Crippen molar-refractivity contribution in [2.75, 3.05) is 11.9 Å². The average molecular weight is 401 g/mol. The van der Waals surface area contributed by atoms with Crippen molar-refractivity contribution in [2.45, 2.75) is 6.92 Å². The molecule has 1 heterocycles. The number of amides is 1. The molecule has 1 aromatic carbocycles. The van der Waals surface area contributed by atoms with E-state index in [1.807, 2.05) is 6.07 Å². The van der Waals surface area contributed by atoms with Crippen LogP contribution in [0.4, 0.5) is 5.69 Å². The molecule has 0 bridgehead atoms. The molecule has 0 fully saturated rings. The Kier molecular flexibility index (Phi) is 5.13. The highest BCUT2D eigenvalue weighted by molar-refractivity contribution is 14.1. The van der Waals surface area contributed by atoms with Crippen molar-refractivity contribution in [1.82, 2.24) is 0 Å². The molecule has 0 aliphatic carbocycles. The first-order chi connectivity index (χ1) is 9.60. The van der Waals surface area contributed by atoms with Crippen molar-refractivity contribution >= 4 is 51.5 Å². The lowest BCUT2D eigenvalue weighted by Gasteiger charge is -2.06. The topological polar surface area (TPSA) is 55.4 Å². The lowest BCUT2D eigenvalue weighted by atomic mass is 10.2. The fraction of sp³-hybridized carbons (Fsp3) is 0.143.